The first-order valence-corrected chi connectivity index (χ1v) is 3.07. The van der Waals surface area contributed by atoms with Gasteiger partial charge in [-0.1, -0.05) is 0 Å². The second-order valence-corrected chi connectivity index (χ2v) is 2.26. The summed E-state index contributed by atoms with van der Waals surface area (Å²) in [6.45, 7) is 1.22. The predicted molar refractivity (Wildman–Crippen MR) is 32.5 cm³/mol. The van der Waals surface area contributed by atoms with Gasteiger partial charge in [-0.05, 0) is 6.42 Å². The molecule has 0 aromatic carbocycles. The maximum absolute atomic E-state index is 8.45. The van der Waals surface area contributed by atoms with Gasteiger partial charge in [0.1, 0.15) is 0 Å². The average molecular weight is 126 g/mol. The van der Waals surface area contributed by atoms with Crippen molar-refractivity contribution < 1.29 is 4.74 Å². The van der Waals surface area contributed by atoms with E-state index in [0.29, 0.717) is 13.2 Å². The number of nitrogens with two attached hydrogens (primary N) is 1. The first-order chi connectivity index (χ1) is 4.34. The van der Waals surface area contributed by atoms with E-state index in [0.717, 1.165) is 6.42 Å². The molecule has 0 spiro atoms. The van der Waals surface area contributed by atoms with Gasteiger partial charge in [0.2, 0.25) is 0 Å². The van der Waals surface area contributed by atoms with Crippen molar-refractivity contribution in [3.63, 3.8) is 0 Å². The SMILES string of the molecule is N#C[C@@H]1COCC[C@@H]1N. The summed E-state index contributed by atoms with van der Waals surface area (Å²) >= 11 is 0. The fourth-order valence-corrected chi connectivity index (χ4v) is 0.888. The molecule has 0 bridgehead atoms. The first kappa shape index (κ1) is 6.53. The molecule has 3 heteroatoms. The van der Waals surface area contributed by atoms with Crippen LogP contribution in [0.5, 0.6) is 0 Å². The van der Waals surface area contributed by atoms with E-state index in [2.05, 4.69) is 6.07 Å². The zero-order valence-electron chi connectivity index (χ0n) is 5.21. The number of hydrogen-bond acceptors (Lipinski definition) is 3. The summed E-state index contributed by atoms with van der Waals surface area (Å²) in [5.41, 5.74) is 5.59. The zero-order valence-corrected chi connectivity index (χ0v) is 5.21. The molecule has 2 atom stereocenters. The number of rotatable bonds is 0. The minimum Gasteiger partial charge on any atom is -0.380 e. The van der Waals surface area contributed by atoms with E-state index >= 15 is 0 Å². The maximum atomic E-state index is 8.45. The summed E-state index contributed by atoms with van der Waals surface area (Å²) in [6, 6.07) is 2.13. The summed E-state index contributed by atoms with van der Waals surface area (Å²) in [5.74, 6) is -0.0845. The Bertz CT molecular complexity index is 130. The second-order valence-electron chi connectivity index (χ2n) is 2.26. The van der Waals surface area contributed by atoms with Crippen LogP contribution < -0.4 is 5.73 Å². The molecule has 2 N–H and O–H groups in total. The Kier molecular flexibility index (Phi) is 2.04. The van der Waals surface area contributed by atoms with E-state index < -0.39 is 0 Å². The van der Waals surface area contributed by atoms with Crippen molar-refractivity contribution in [2.24, 2.45) is 11.7 Å². The fourth-order valence-electron chi connectivity index (χ4n) is 0.888. The molecule has 1 saturated heterocycles. The molecule has 1 heterocycles. The Hall–Kier alpha value is -0.590. The summed E-state index contributed by atoms with van der Waals surface area (Å²) in [7, 11) is 0. The molecule has 1 aliphatic heterocycles. The fraction of sp³-hybridized carbons (Fsp3) is 0.833. The molecule has 9 heavy (non-hydrogen) atoms. The highest BCUT2D eigenvalue weighted by Crippen LogP contribution is 2.10. The third-order valence-corrected chi connectivity index (χ3v) is 1.58. The lowest BCUT2D eigenvalue weighted by Crippen LogP contribution is -2.37. The highest BCUT2D eigenvalue weighted by Gasteiger charge is 2.21. The van der Waals surface area contributed by atoms with Crippen molar-refractivity contribution in [2.45, 2.75) is 12.5 Å². The quantitative estimate of drug-likeness (QED) is 0.492. The number of hydrogen-bond donors (Lipinski definition) is 1. The Labute approximate surface area is 54.4 Å². The second kappa shape index (κ2) is 2.81. The Morgan fingerprint density at radius 1 is 1.67 bits per heavy atom. The van der Waals surface area contributed by atoms with Gasteiger partial charge in [0.15, 0.2) is 0 Å². The molecular formula is C6H10N2O. The molecule has 0 unspecified atom stereocenters. The van der Waals surface area contributed by atoms with Crippen molar-refractivity contribution in [3.8, 4) is 6.07 Å². The molecule has 0 aromatic rings. The lowest BCUT2D eigenvalue weighted by Gasteiger charge is -2.22. The van der Waals surface area contributed by atoms with Crippen molar-refractivity contribution in [1.82, 2.24) is 0 Å². The molecule has 1 rings (SSSR count). The van der Waals surface area contributed by atoms with Crippen LogP contribution in [0.2, 0.25) is 0 Å². The van der Waals surface area contributed by atoms with Crippen LogP contribution in [0, 0.1) is 17.2 Å². The molecule has 0 aliphatic carbocycles. The highest BCUT2D eigenvalue weighted by molar-refractivity contribution is 4.92. The molecular weight excluding hydrogens is 116 g/mol. The van der Waals surface area contributed by atoms with Gasteiger partial charge >= 0.3 is 0 Å². The molecule has 0 radical (unpaired) electrons. The van der Waals surface area contributed by atoms with Crippen LogP contribution in [-0.2, 0) is 4.74 Å². The van der Waals surface area contributed by atoms with Gasteiger partial charge in [0.25, 0.3) is 0 Å². The molecule has 0 saturated carbocycles. The Morgan fingerprint density at radius 3 is 2.89 bits per heavy atom. The maximum Gasteiger partial charge on any atom is 0.0848 e. The van der Waals surface area contributed by atoms with Gasteiger partial charge in [0, 0.05) is 12.6 Å². The van der Waals surface area contributed by atoms with Crippen LogP contribution in [0.3, 0.4) is 0 Å². The monoisotopic (exact) mass is 126 g/mol. The third kappa shape index (κ3) is 1.41. The van der Waals surface area contributed by atoms with Crippen molar-refractivity contribution in [1.29, 1.82) is 5.26 Å². The molecule has 1 aliphatic rings. The smallest absolute Gasteiger partial charge is 0.0848 e. The minimum absolute atomic E-state index is 0.0312. The standard InChI is InChI=1S/C6H10N2O/c7-3-5-4-9-2-1-6(5)8/h5-6H,1-2,4,8H2/t5-,6+/m1/s1. The number of ether oxygens (including phenoxy) is 1. The highest BCUT2D eigenvalue weighted by atomic mass is 16.5. The van der Waals surface area contributed by atoms with E-state index in [-0.39, 0.29) is 12.0 Å². The Balaban J connectivity index is 2.41. The summed E-state index contributed by atoms with van der Waals surface area (Å²) in [6.07, 6.45) is 0.818. The normalized spacial score (nSPS) is 35.6. The van der Waals surface area contributed by atoms with Crippen LogP contribution in [0.25, 0.3) is 0 Å². The summed E-state index contributed by atoms with van der Waals surface area (Å²) in [5, 5.41) is 8.45. The van der Waals surface area contributed by atoms with Gasteiger partial charge in [-0.25, -0.2) is 0 Å². The summed E-state index contributed by atoms with van der Waals surface area (Å²) < 4.78 is 5.04. The molecule has 1 fully saturated rings. The van der Waals surface area contributed by atoms with Crippen molar-refractivity contribution in [2.75, 3.05) is 13.2 Å². The van der Waals surface area contributed by atoms with Gasteiger partial charge in [0.05, 0.1) is 18.6 Å². The molecule has 3 nitrogen and oxygen atoms in total. The van der Waals surface area contributed by atoms with Crippen LogP contribution in [0.15, 0.2) is 0 Å². The van der Waals surface area contributed by atoms with Crippen LogP contribution in [0.1, 0.15) is 6.42 Å². The molecule has 50 valence electrons. The number of nitriles is 1. The lowest BCUT2D eigenvalue weighted by molar-refractivity contribution is 0.0615. The van der Waals surface area contributed by atoms with E-state index in [1.165, 1.54) is 0 Å². The van der Waals surface area contributed by atoms with Gasteiger partial charge < -0.3 is 10.5 Å². The summed E-state index contributed by atoms with van der Waals surface area (Å²) in [4.78, 5) is 0. The lowest BCUT2D eigenvalue weighted by atomic mass is 9.99. The largest absolute Gasteiger partial charge is 0.380 e. The topological polar surface area (TPSA) is 59.0 Å². The van der Waals surface area contributed by atoms with E-state index in [9.17, 15) is 0 Å². The van der Waals surface area contributed by atoms with E-state index in [4.69, 9.17) is 15.7 Å². The van der Waals surface area contributed by atoms with Gasteiger partial charge in [-0.3, -0.25) is 0 Å². The van der Waals surface area contributed by atoms with E-state index in [1.54, 1.807) is 0 Å². The van der Waals surface area contributed by atoms with Crippen LogP contribution in [0.4, 0.5) is 0 Å². The molecule has 0 amide bonds. The van der Waals surface area contributed by atoms with Crippen LogP contribution >= 0.6 is 0 Å². The average Bonchev–Trinajstić information content (AvgIpc) is 1.89. The van der Waals surface area contributed by atoms with E-state index in [1.807, 2.05) is 0 Å². The zero-order chi connectivity index (χ0) is 6.69. The van der Waals surface area contributed by atoms with Crippen molar-refractivity contribution >= 4 is 0 Å². The Morgan fingerprint density at radius 2 is 2.44 bits per heavy atom. The van der Waals surface area contributed by atoms with Crippen molar-refractivity contribution in [3.05, 3.63) is 0 Å². The molecule has 0 aromatic heterocycles. The van der Waals surface area contributed by atoms with Gasteiger partial charge in [-0.15, -0.1) is 0 Å². The van der Waals surface area contributed by atoms with Crippen LogP contribution in [-0.4, -0.2) is 19.3 Å². The van der Waals surface area contributed by atoms with Gasteiger partial charge in [-0.2, -0.15) is 5.26 Å². The first-order valence-electron chi connectivity index (χ1n) is 3.07. The predicted octanol–water partition coefficient (Wildman–Crippen LogP) is -0.126. The third-order valence-electron chi connectivity index (χ3n) is 1.58. The minimum atomic E-state index is -0.0845. The number of nitrogens with zero attached hydrogens (tertiary/aromatic N) is 1.